The van der Waals surface area contributed by atoms with Gasteiger partial charge < -0.3 is 19.4 Å². The van der Waals surface area contributed by atoms with Crippen LogP contribution in [0.15, 0.2) is 24.3 Å². The number of halogens is 1. The molecule has 2 aliphatic heterocycles. The smallest absolute Gasteiger partial charge is 0.257 e. The molecule has 0 radical (unpaired) electrons. The first-order chi connectivity index (χ1) is 14.5. The number of amides is 1. The number of carbonyl (C=O) groups excluding carboxylic acids is 1. The van der Waals surface area contributed by atoms with E-state index in [1.165, 1.54) is 19.3 Å². The summed E-state index contributed by atoms with van der Waals surface area (Å²) in [6.07, 6.45) is 3.72. The van der Waals surface area contributed by atoms with Gasteiger partial charge in [-0.15, -0.1) is 0 Å². The number of rotatable bonds is 4. The molecule has 2 aromatic rings. The normalized spacial score (nSPS) is 17.2. The van der Waals surface area contributed by atoms with E-state index in [9.17, 15) is 4.79 Å². The van der Waals surface area contributed by atoms with Gasteiger partial charge in [-0.2, -0.15) is 4.98 Å². The SMILES string of the molecule is COc1ccc(Cl)cc1C(=O)N1CCN(c2nc(C)cc(N3CCCCC3)n2)CC1. The molecule has 2 fully saturated rings. The zero-order valence-corrected chi connectivity index (χ0v) is 18.4. The third-order valence-corrected chi connectivity index (χ3v) is 5.99. The predicted octanol–water partition coefficient (Wildman–Crippen LogP) is 3.40. The van der Waals surface area contributed by atoms with Gasteiger partial charge in [0.05, 0.1) is 12.7 Å². The Morgan fingerprint density at radius 3 is 2.40 bits per heavy atom. The largest absolute Gasteiger partial charge is 0.496 e. The highest BCUT2D eigenvalue weighted by atomic mass is 35.5. The van der Waals surface area contributed by atoms with Crippen LogP contribution in [0.5, 0.6) is 5.75 Å². The van der Waals surface area contributed by atoms with Crippen molar-refractivity contribution in [2.45, 2.75) is 26.2 Å². The van der Waals surface area contributed by atoms with Gasteiger partial charge >= 0.3 is 0 Å². The predicted molar refractivity (Wildman–Crippen MR) is 119 cm³/mol. The van der Waals surface area contributed by atoms with Crippen molar-refractivity contribution in [3.8, 4) is 5.75 Å². The lowest BCUT2D eigenvalue weighted by Gasteiger charge is -2.35. The number of ether oxygens (including phenoxy) is 1. The fraction of sp³-hybridized carbons (Fsp3) is 0.500. The van der Waals surface area contributed by atoms with E-state index >= 15 is 0 Å². The summed E-state index contributed by atoms with van der Waals surface area (Å²) in [5, 5.41) is 0.524. The molecule has 0 spiro atoms. The number of aryl methyl sites for hydroxylation is 1. The molecule has 160 valence electrons. The summed E-state index contributed by atoms with van der Waals surface area (Å²) in [7, 11) is 1.56. The third-order valence-electron chi connectivity index (χ3n) is 5.75. The second kappa shape index (κ2) is 9.08. The van der Waals surface area contributed by atoms with E-state index in [1.54, 1.807) is 25.3 Å². The summed E-state index contributed by atoms with van der Waals surface area (Å²) in [6.45, 7) is 6.72. The Bertz CT molecular complexity index is 908. The van der Waals surface area contributed by atoms with Gasteiger partial charge in [0, 0.05) is 56.1 Å². The summed E-state index contributed by atoms with van der Waals surface area (Å²) in [5.74, 6) is 2.25. The molecule has 0 unspecified atom stereocenters. The van der Waals surface area contributed by atoms with Crippen molar-refractivity contribution in [3.63, 3.8) is 0 Å². The first-order valence-corrected chi connectivity index (χ1v) is 10.9. The molecular formula is C22H28ClN5O2. The number of anilines is 2. The highest BCUT2D eigenvalue weighted by molar-refractivity contribution is 6.31. The zero-order valence-electron chi connectivity index (χ0n) is 17.6. The number of hydrogen-bond acceptors (Lipinski definition) is 6. The molecule has 2 aliphatic rings. The molecule has 1 aromatic carbocycles. The Balaban J connectivity index is 1.45. The van der Waals surface area contributed by atoms with Crippen molar-refractivity contribution in [1.29, 1.82) is 0 Å². The van der Waals surface area contributed by atoms with Crippen LogP contribution < -0.4 is 14.5 Å². The number of piperazine rings is 1. The van der Waals surface area contributed by atoms with Crippen molar-refractivity contribution < 1.29 is 9.53 Å². The molecule has 4 rings (SSSR count). The first-order valence-electron chi connectivity index (χ1n) is 10.5. The van der Waals surface area contributed by atoms with Gasteiger partial charge in [-0.1, -0.05) is 11.6 Å². The number of hydrogen-bond donors (Lipinski definition) is 0. The molecule has 2 saturated heterocycles. The van der Waals surface area contributed by atoms with Gasteiger partial charge in [0.1, 0.15) is 11.6 Å². The monoisotopic (exact) mass is 429 g/mol. The van der Waals surface area contributed by atoms with E-state index in [0.717, 1.165) is 30.5 Å². The fourth-order valence-corrected chi connectivity index (χ4v) is 4.26. The van der Waals surface area contributed by atoms with Crippen molar-refractivity contribution in [2.24, 2.45) is 0 Å². The van der Waals surface area contributed by atoms with E-state index in [4.69, 9.17) is 21.3 Å². The Morgan fingerprint density at radius 1 is 0.967 bits per heavy atom. The van der Waals surface area contributed by atoms with Gasteiger partial charge in [-0.05, 0) is 44.4 Å². The minimum absolute atomic E-state index is 0.0619. The second-order valence-corrected chi connectivity index (χ2v) is 8.28. The van der Waals surface area contributed by atoms with Crippen molar-refractivity contribution in [3.05, 3.63) is 40.5 Å². The minimum Gasteiger partial charge on any atom is -0.496 e. The Kier molecular flexibility index (Phi) is 6.27. The van der Waals surface area contributed by atoms with Crippen LogP contribution in [-0.2, 0) is 0 Å². The molecule has 0 atom stereocenters. The van der Waals surface area contributed by atoms with Crippen LogP contribution in [-0.4, -0.2) is 67.2 Å². The van der Waals surface area contributed by atoms with Gasteiger partial charge in [0.15, 0.2) is 0 Å². The van der Waals surface area contributed by atoms with E-state index in [-0.39, 0.29) is 5.91 Å². The van der Waals surface area contributed by atoms with Crippen LogP contribution in [0.25, 0.3) is 0 Å². The average Bonchev–Trinajstić information content (AvgIpc) is 2.79. The second-order valence-electron chi connectivity index (χ2n) is 7.84. The topological polar surface area (TPSA) is 61.8 Å². The summed E-state index contributed by atoms with van der Waals surface area (Å²) in [6, 6.07) is 7.20. The lowest BCUT2D eigenvalue weighted by Crippen LogP contribution is -2.49. The number of nitrogens with zero attached hydrogens (tertiary/aromatic N) is 5. The Labute approximate surface area is 182 Å². The van der Waals surface area contributed by atoms with Crippen LogP contribution >= 0.6 is 11.6 Å². The summed E-state index contributed by atoms with van der Waals surface area (Å²) >= 11 is 6.10. The van der Waals surface area contributed by atoms with Crippen LogP contribution in [0.1, 0.15) is 35.3 Å². The molecule has 8 heteroatoms. The highest BCUT2D eigenvalue weighted by Crippen LogP contribution is 2.26. The molecule has 0 aliphatic carbocycles. The molecule has 1 aromatic heterocycles. The molecule has 30 heavy (non-hydrogen) atoms. The highest BCUT2D eigenvalue weighted by Gasteiger charge is 2.26. The van der Waals surface area contributed by atoms with Crippen LogP contribution in [0.2, 0.25) is 5.02 Å². The standard InChI is InChI=1S/C22H28ClN5O2/c1-16-14-20(26-8-4-3-5-9-26)25-22(24-16)28-12-10-27(11-13-28)21(29)18-15-17(23)6-7-19(18)30-2/h6-7,14-15H,3-5,8-13H2,1-2H3. The zero-order chi connectivity index (χ0) is 21.1. The lowest BCUT2D eigenvalue weighted by atomic mass is 10.1. The van der Waals surface area contributed by atoms with Gasteiger partial charge in [-0.3, -0.25) is 4.79 Å². The van der Waals surface area contributed by atoms with Crippen molar-refractivity contribution in [1.82, 2.24) is 14.9 Å². The molecule has 0 bridgehead atoms. The lowest BCUT2D eigenvalue weighted by molar-refractivity contribution is 0.0743. The Morgan fingerprint density at radius 2 is 1.70 bits per heavy atom. The summed E-state index contributed by atoms with van der Waals surface area (Å²) in [5.41, 5.74) is 1.47. The third kappa shape index (κ3) is 4.46. The molecular weight excluding hydrogens is 402 g/mol. The quantitative estimate of drug-likeness (QED) is 0.742. The molecule has 0 N–H and O–H groups in total. The fourth-order valence-electron chi connectivity index (χ4n) is 4.09. The number of methoxy groups -OCH3 is 1. The number of benzene rings is 1. The minimum atomic E-state index is -0.0619. The Hall–Kier alpha value is -2.54. The van der Waals surface area contributed by atoms with E-state index < -0.39 is 0 Å². The van der Waals surface area contributed by atoms with E-state index in [2.05, 4.69) is 20.9 Å². The number of piperidine rings is 1. The first kappa shape index (κ1) is 20.7. The number of aromatic nitrogens is 2. The van der Waals surface area contributed by atoms with Crippen molar-refractivity contribution >= 4 is 29.3 Å². The van der Waals surface area contributed by atoms with Crippen LogP contribution in [0, 0.1) is 6.92 Å². The maximum atomic E-state index is 13.0. The summed E-state index contributed by atoms with van der Waals surface area (Å²) in [4.78, 5) is 28.9. The van der Waals surface area contributed by atoms with Gasteiger partial charge in [-0.25, -0.2) is 4.98 Å². The average molecular weight is 430 g/mol. The molecule has 0 saturated carbocycles. The molecule has 3 heterocycles. The van der Waals surface area contributed by atoms with Gasteiger partial charge in [0.2, 0.25) is 5.95 Å². The van der Waals surface area contributed by atoms with E-state index in [1.807, 2.05) is 11.8 Å². The maximum absolute atomic E-state index is 13.0. The molecule has 1 amide bonds. The van der Waals surface area contributed by atoms with E-state index in [0.29, 0.717) is 42.5 Å². The van der Waals surface area contributed by atoms with Gasteiger partial charge in [0.25, 0.3) is 5.91 Å². The summed E-state index contributed by atoms with van der Waals surface area (Å²) < 4.78 is 5.35. The maximum Gasteiger partial charge on any atom is 0.257 e. The number of carbonyl (C=O) groups is 1. The molecule has 7 nitrogen and oxygen atoms in total. The van der Waals surface area contributed by atoms with Crippen LogP contribution in [0.4, 0.5) is 11.8 Å². The van der Waals surface area contributed by atoms with Crippen LogP contribution in [0.3, 0.4) is 0 Å². The van der Waals surface area contributed by atoms with Crippen molar-refractivity contribution in [2.75, 3.05) is 56.2 Å².